The van der Waals surface area contributed by atoms with E-state index in [-0.39, 0.29) is 0 Å². The van der Waals surface area contributed by atoms with Crippen molar-refractivity contribution in [3.8, 4) is 11.5 Å². The van der Waals surface area contributed by atoms with Crippen molar-refractivity contribution in [1.29, 1.82) is 0 Å². The molecule has 0 bridgehead atoms. The van der Waals surface area contributed by atoms with Crippen LogP contribution in [0.1, 0.15) is 149 Å². The zero-order valence-corrected chi connectivity index (χ0v) is 23.8. The molecule has 208 valence electrons. The molecule has 0 heterocycles. The Morgan fingerprint density at radius 2 is 0.889 bits per heavy atom. The van der Waals surface area contributed by atoms with Crippen molar-refractivity contribution in [2.75, 3.05) is 13.2 Å². The number of rotatable bonds is 27. The Kier molecular flexibility index (Phi) is 23.7. The molecule has 0 unspecified atom stereocenters. The molecule has 0 aliphatic rings. The van der Waals surface area contributed by atoms with Crippen LogP contribution in [0.4, 0.5) is 0 Å². The first-order valence-corrected chi connectivity index (χ1v) is 15.4. The number of hydrogen-bond acceptors (Lipinski definition) is 4. The minimum Gasteiger partial charge on any atom is -0.494 e. The lowest BCUT2D eigenvalue weighted by Crippen LogP contribution is -1.97. The molecule has 0 saturated heterocycles. The molecule has 36 heavy (non-hydrogen) atoms. The van der Waals surface area contributed by atoms with Crippen LogP contribution < -0.4 is 9.47 Å². The maximum Gasteiger partial charge on any atom is 0.218 e. The molecule has 0 atom stereocenters. The van der Waals surface area contributed by atoms with Crippen LogP contribution in [0.25, 0.3) is 0 Å². The zero-order chi connectivity index (χ0) is 25.8. The van der Waals surface area contributed by atoms with Gasteiger partial charge in [-0.05, 0) is 43.5 Å². The lowest BCUT2D eigenvalue weighted by atomic mass is 10.1. The van der Waals surface area contributed by atoms with Crippen LogP contribution in [0.15, 0.2) is 29.4 Å². The smallest absolute Gasteiger partial charge is 0.218 e. The quantitative estimate of drug-likeness (QED) is 0.0518. The molecule has 0 fully saturated rings. The standard InChI is InChI=1S/C32H57NO3/c1-3-5-7-9-11-13-15-17-19-21-23-29-36-33-30-35-32-26-24-31(25-27-32)34-28-22-20-18-16-14-12-10-8-6-4-2/h24-27,30H,3-23,28-29H2,1-2H3/b33-30+. The van der Waals surface area contributed by atoms with Crippen molar-refractivity contribution in [1.82, 2.24) is 0 Å². The molecular weight excluding hydrogens is 446 g/mol. The second kappa shape index (κ2) is 26.4. The van der Waals surface area contributed by atoms with Crippen LogP contribution in [0.3, 0.4) is 0 Å². The summed E-state index contributed by atoms with van der Waals surface area (Å²) in [6.07, 6.45) is 29.4. The van der Waals surface area contributed by atoms with Crippen LogP contribution in [-0.2, 0) is 4.84 Å². The third-order valence-corrected chi connectivity index (χ3v) is 6.74. The Bertz CT molecular complexity index is 588. The van der Waals surface area contributed by atoms with Gasteiger partial charge in [-0.1, -0.05) is 135 Å². The third kappa shape index (κ3) is 21.6. The van der Waals surface area contributed by atoms with Gasteiger partial charge < -0.3 is 14.3 Å². The van der Waals surface area contributed by atoms with E-state index in [1.807, 2.05) is 24.3 Å². The number of unbranched alkanes of at least 4 members (excludes halogenated alkanes) is 19. The summed E-state index contributed by atoms with van der Waals surface area (Å²) in [5.74, 6) is 1.63. The highest BCUT2D eigenvalue weighted by Crippen LogP contribution is 2.18. The summed E-state index contributed by atoms with van der Waals surface area (Å²) in [5.41, 5.74) is 0. The van der Waals surface area contributed by atoms with E-state index in [0.717, 1.165) is 30.9 Å². The normalized spacial score (nSPS) is 11.3. The molecule has 1 aromatic rings. The minimum atomic E-state index is 0.655. The molecular formula is C32H57NO3. The molecule has 0 radical (unpaired) electrons. The van der Waals surface area contributed by atoms with E-state index in [2.05, 4.69) is 19.0 Å². The topological polar surface area (TPSA) is 40.0 Å². The summed E-state index contributed by atoms with van der Waals surface area (Å²) in [7, 11) is 0. The number of ether oxygens (including phenoxy) is 2. The predicted molar refractivity (Wildman–Crippen MR) is 155 cm³/mol. The second-order valence-corrected chi connectivity index (χ2v) is 10.2. The van der Waals surface area contributed by atoms with Crippen LogP contribution in [0.2, 0.25) is 0 Å². The van der Waals surface area contributed by atoms with Crippen molar-refractivity contribution < 1.29 is 14.3 Å². The van der Waals surface area contributed by atoms with Gasteiger partial charge in [-0.25, -0.2) is 0 Å². The fraction of sp³-hybridized carbons (Fsp3) is 0.781. The first-order chi connectivity index (χ1) is 17.9. The highest BCUT2D eigenvalue weighted by Gasteiger charge is 1.98. The fourth-order valence-corrected chi connectivity index (χ4v) is 4.39. The van der Waals surface area contributed by atoms with Crippen LogP contribution in [-0.4, -0.2) is 19.6 Å². The van der Waals surface area contributed by atoms with Gasteiger partial charge in [-0.15, -0.1) is 0 Å². The van der Waals surface area contributed by atoms with Crippen LogP contribution >= 0.6 is 0 Å². The second-order valence-electron chi connectivity index (χ2n) is 10.2. The highest BCUT2D eigenvalue weighted by molar-refractivity contribution is 5.51. The van der Waals surface area contributed by atoms with E-state index < -0.39 is 0 Å². The molecule has 0 amide bonds. The Morgan fingerprint density at radius 3 is 1.36 bits per heavy atom. The maximum atomic E-state index is 5.85. The van der Waals surface area contributed by atoms with Gasteiger partial charge in [-0.2, -0.15) is 0 Å². The Balaban J connectivity index is 1.89. The molecule has 0 aromatic heterocycles. The summed E-state index contributed by atoms with van der Waals surface area (Å²) in [6.45, 7) is 5.99. The average molecular weight is 504 g/mol. The van der Waals surface area contributed by atoms with Crippen LogP contribution in [0, 0.1) is 0 Å². The van der Waals surface area contributed by atoms with E-state index in [4.69, 9.17) is 14.3 Å². The molecule has 0 saturated carbocycles. The Labute approximate surface area is 223 Å². The van der Waals surface area contributed by atoms with Crippen molar-refractivity contribution in [3.05, 3.63) is 24.3 Å². The van der Waals surface area contributed by atoms with Gasteiger partial charge in [0.2, 0.25) is 6.40 Å². The number of oxime groups is 1. The number of benzene rings is 1. The Hall–Kier alpha value is -1.71. The van der Waals surface area contributed by atoms with Gasteiger partial charge in [0, 0.05) is 0 Å². The first-order valence-electron chi connectivity index (χ1n) is 15.4. The van der Waals surface area contributed by atoms with Gasteiger partial charge in [-0.3, -0.25) is 0 Å². The summed E-state index contributed by atoms with van der Waals surface area (Å²) >= 11 is 0. The summed E-state index contributed by atoms with van der Waals surface area (Å²) in [4.78, 5) is 5.30. The molecule has 0 spiro atoms. The van der Waals surface area contributed by atoms with Gasteiger partial charge >= 0.3 is 0 Å². The summed E-state index contributed by atoms with van der Waals surface area (Å²) < 4.78 is 11.4. The molecule has 0 aliphatic carbocycles. The monoisotopic (exact) mass is 503 g/mol. The van der Waals surface area contributed by atoms with E-state index >= 15 is 0 Å². The highest BCUT2D eigenvalue weighted by atomic mass is 16.6. The summed E-state index contributed by atoms with van der Waals surface area (Å²) in [6, 6.07) is 7.71. The van der Waals surface area contributed by atoms with Crippen molar-refractivity contribution in [2.24, 2.45) is 5.16 Å². The molecule has 1 aromatic carbocycles. The maximum absolute atomic E-state index is 5.85. The summed E-state index contributed by atoms with van der Waals surface area (Å²) in [5, 5.41) is 3.90. The molecule has 0 aliphatic heterocycles. The van der Waals surface area contributed by atoms with E-state index in [1.54, 1.807) is 0 Å². The zero-order valence-electron chi connectivity index (χ0n) is 23.8. The minimum absolute atomic E-state index is 0.655. The fourth-order valence-electron chi connectivity index (χ4n) is 4.39. The van der Waals surface area contributed by atoms with Crippen molar-refractivity contribution in [3.63, 3.8) is 0 Å². The van der Waals surface area contributed by atoms with Gasteiger partial charge in [0.25, 0.3) is 0 Å². The molecule has 1 rings (SSSR count). The van der Waals surface area contributed by atoms with Crippen molar-refractivity contribution in [2.45, 2.75) is 149 Å². The Morgan fingerprint density at radius 1 is 0.500 bits per heavy atom. The predicted octanol–water partition coefficient (Wildman–Crippen LogP) is 10.6. The number of hydrogen-bond donors (Lipinski definition) is 0. The largest absolute Gasteiger partial charge is 0.494 e. The van der Waals surface area contributed by atoms with E-state index in [1.165, 1.54) is 128 Å². The SMILES string of the molecule is CCCCCCCCCCCCCO/N=C/Oc1ccc(OCCCCCCCCCCCC)cc1. The average Bonchev–Trinajstić information content (AvgIpc) is 2.90. The lowest BCUT2D eigenvalue weighted by molar-refractivity contribution is 0.137. The van der Waals surface area contributed by atoms with Gasteiger partial charge in [0.1, 0.15) is 18.1 Å². The third-order valence-electron chi connectivity index (χ3n) is 6.74. The van der Waals surface area contributed by atoms with Crippen LogP contribution in [0.5, 0.6) is 11.5 Å². The molecule has 4 nitrogen and oxygen atoms in total. The van der Waals surface area contributed by atoms with E-state index in [9.17, 15) is 0 Å². The molecule has 4 heteroatoms. The van der Waals surface area contributed by atoms with Gasteiger partial charge in [0.15, 0.2) is 0 Å². The first kappa shape index (κ1) is 32.3. The van der Waals surface area contributed by atoms with Crippen molar-refractivity contribution >= 4 is 6.40 Å². The number of nitrogens with zero attached hydrogens (tertiary/aromatic N) is 1. The lowest BCUT2D eigenvalue weighted by Gasteiger charge is -2.07. The molecule has 0 N–H and O–H groups in total. The van der Waals surface area contributed by atoms with Gasteiger partial charge in [0.05, 0.1) is 6.61 Å². The van der Waals surface area contributed by atoms with E-state index in [0.29, 0.717) is 6.61 Å².